The number of anilines is 1. The molecule has 3 aromatic rings. The van der Waals surface area contributed by atoms with E-state index in [0.717, 1.165) is 17.7 Å². The van der Waals surface area contributed by atoms with Crippen molar-refractivity contribution in [2.75, 3.05) is 5.73 Å². The molecule has 0 fully saturated rings. The normalized spacial score (nSPS) is 10.6. The molecular formula is C18H12ClF2NO. The predicted octanol–water partition coefficient (Wildman–Crippen LogP) is 5.66. The van der Waals surface area contributed by atoms with Crippen LogP contribution in [0.2, 0.25) is 5.02 Å². The van der Waals surface area contributed by atoms with Crippen LogP contribution in [0.5, 0.6) is 11.5 Å². The van der Waals surface area contributed by atoms with Gasteiger partial charge in [-0.2, -0.15) is 0 Å². The van der Waals surface area contributed by atoms with Crippen molar-refractivity contribution in [1.82, 2.24) is 0 Å². The molecule has 5 heteroatoms. The van der Waals surface area contributed by atoms with Crippen molar-refractivity contribution < 1.29 is 13.5 Å². The lowest BCUT2D eigenvalue weighted by molar-refractivity contribution is 0.439. The van der Waals surface area contributed by atoms with Crippen molar-refractivity contribution in [3.63, 3.8) is 0 Å². The molecule has 0 saturated heterocycles. The van der Waals surface area contributed by atoms with E-state index in [1.807, 2.05) is 6.07 Å². The van der Waals surface area contributed by atoms with Gasteiger partial charge in [0.05, 0.1) is 0 Å². The highest BCUT2D eigenvalue weighted by atomic mass is 35.5. The maximum atomic E-state index is 13.8. The fourth-order valence-electron chi connectivity index (χ4n) is 2.19. The Morgan fingerprint density at radius 2 is 1.65 bits per heavy atom. The van der Waals surface area contributed by atoms with Crippen LogP contribution in [0.15, 0.2) is 60.7 Å². The van der Waals surface area contributed by atoms with E-state index in [-0.39, 0.29) is 5.75 Å². The minimum Gasteiger partial charge on any atom is -0.454 e. The van der Waals surface area contributed by atoms with Crippen LogP contribution < -0.4 is 10.5 Å². The van der Waals surface area contributed by atoms with Gasteiger partial charge in [-0.3, -0.25) is 0 Å². The molecule has 23 heavy (non-hydrogen) atoms. The van der Waals surface area contributed by atoms with Gasteiger partial charge in [0.25, 0.3) is 0 Å². The monoisotopic (exact) mass is 331 g/mol. The summed E-state index contributed by atoms with van der Waals surface area (Å²) >= 11 is 6.02. The van der Waals surface area contributed by atoms with E-state index in [0.29, 0.717) is 22.0 Å². The molecule has 116 valence electrons. The highest BCUT2D eigenvalue weighted by Crippen LogP contribution is 2.36. The first kappa shape index (κ1) is 15.3. The summed E-state index contributed by atoms with van der Waals surface area (Å²) in [6.07, 6.45) is 0. The van der Waals surface area contributed by atoms with Crippen LogP contribution in [0, 0.1) is 11.6 Å². The van der Waals surface area contributed by atoms with E-state index in [9.17, 15) is 8.78 Å². The minimum absolute atomic E-state index is 0.0700. The van der Waals surface area contributed by atoms with Gasteiger partial charge in [0.15, 0.2) is 11.6 Å². The number of halogens is 3. The molecule has 2 nitrogen and oxygen atoms in total. The average Bonchev–Trinajstić information content (AvgIpc) is 2.51. The summed E-state index contributed by atoms with van der Waals surface area (Å²) in [5.74, 6) is -1.12. The predicted molar refractivity (Wildman–Crippen MR) is 87.7 cm³/mol. The molecule has 0 spiro atoms. The van der Waals surface area contributed by atoms with Gasteiger partial charge < -0.3 is 10.5 Å². The Morgan fingerprint density at radius 1 is 0.870 bits per heavy atom. The Hall–Kier alpha value is -2.59. The smallest absolute Gasteiger partial charge is 0.168 e. The Labute approximate surface area is 137 Å². The Morgan fingerprint density at radius 3 is 2.39 bits per heavy atom. The third kappa shape index (κ3) is 3.43. The van der Waals surface area contributed by atoms with Crippen LogP contribution in [-0.2, 0) is 0 Å². The molecule has 3 aromatic carbocycles. The summed E-state index contributed by atoms with van der Waals surface area (Å²) in [5, 5.41) is 0.559. The number of benzene rings is 3. The molecular weight excluding hydrogens is 320 g/mol. The Bertz CT molecular complexity index is 867. The van der Waals surface area contributed by atoms with E-state index in [2.05, 4.69) is 0 Å². The molecule has 0 atom stereocenters. The second-order valence-electron chi connectivity index (χ2n) is 4.94. The number of hydrogen-bond donors (Lipinski definition) is 1. The molecule has 0 amide bonds. The number of nitrogen functional groups attached to an aromatic ring is 1. The zero-order valence-corrected chi connectivity index (χ0v) is 12.6. The van der Waals surface area contributed by atoms with E-state index >= 15 is 0 Å². The fourth-order valence-corrected chi connectivity index (χ4v) is 2.38. The zero-order valence-electron chi connectivity index (χ0n) is 11.9. The minimum atomic E-state index is -0.779. The van der Waals surface area contributed by atoms with E-state index in [4.69, 9.17) is 22.1 Å². The molecule has 0 saturated carbocycles. The highest BCUT2D eigenvalue weighted by molar-refractivity contribution is 6.30. The maximum Gasteiger partial charge on any atom is 0.168 e. The molecule has 0 heterocycles. The lowest BCUT2D eigenvalue weighted by Crippen LogP contribution is -1.94. The average molecular weight is 332 g/mol. The summed E-state index contributed by atoms with van der Waals surface area (Å²) in [6, 6.07) is 15.3. The van der Waals surface area contributed by atoms with Gasteiger partial charge in [0, 0.05) is 22.3 Å². The molecule has 0 unspecified atom stereocenters. The maximum absolute atomic E-state index is 13.8. The molecule has 0 aliphatic heterocycles. The summed E-state index contributed by atoms with van der Waals surface area (Å²) in [7, 11) is 0. The number of nitrogens with two attached hydrogens (primary N) is 1. The van der Waals surface area contributed by atoms with Crippen molar-refractivity contribution in [1.29, 1.82) is 0 Å². The SMILES string of the molecule is Nc1ccc(Oc2ccc(F)cc2F)c(-c2cccc(Cl)c2)c1. The lowest BCUT2D eigenvalue weighted by Gasteiger charge is -2.13. The van der Waals surface area contributed by atoms with Crippen molar-refractivity contribution in [2.24, 2.45) is 0 Å². The van der Waals surface area contributed by atoms with E-state index < -0.39 is 11.6 Å². The van der Waals surface area contributed by atoms with Crippen molar-refractivity contribution in [3.05, 3.63) is 77.3 Å². The molecule has 3 rings (SSSR count). The topological polar surface area (TPSA) is 35.2 Å². The summed E-state index contributed by atoms with van der Waals surface area (Å²) in [6.45, 7) is 0. The standard InChI is InChI=1S/C18H12ClF2NO/c19-12-3-1-2-11(8-12)15-10-14(22)5-7-17(15)23-18-6-4-13(20)9-16(18)21/h1-10H,22H2. The van der Waals surface area contributed by atoms with Crippen LogP contribution in [0.25, 0.3) is 11.1 Å². The Kier molecular flexibility index (Phi) is 4.17. The van der Waals surface area contributed by atoms with Gasteiger partial charge in [-0.05, 0) is 48.0 Å². The van der Waals surface area contributed by atoms with E-state index in [1.54, 1.807) is 36.4 Å². The second kappa shape index (κ2) is 6.26. The van der Waals surface area contributed by atoms with Crippen LogP contribution >= 0.6 is 11.6 Å². The molecule has 0 aliphatic rings. The van der Waals surface area contributed by atoms with Crippen LogP contribution in [0.1, 0.15) is 0 Å². The molecule has 0 radical (unpaired) electrons. The van der Waals surface area contributed by atoms with Crippen molar-refractivity contribution >= 4 is 17.3 Å². The first-order valence-corrected chi connectivity index (χ1v) is 7.19. The number of hydrogen-bond acceptors (Lipinski definition) is 2. The number of ether oxygens (including phenoxy) is 1. The first-order valence-electron chi connectivity index (χ1n) is 6.81. The molecule has 2 N–H and O–H groups in total. The van der Waals surface area contributed by atoms with Gasteiger partial charge in [0.2, 0.25) is 0 Å². The summed E-state index contributed by atoms with van der Waals surface area (Å²) in [5.41, 5.74) is 7.81. The van der Waals surface area contributed by atoms with Crippen LogP contribution in [0.3, 0.4) is 0 Å². The quantitative estimate of drug-likeness (QED) is 0.628. The van der Waals surface area contributed by atoms with E-state index in [1.165, 1.54) is 6.07 Å². The third-order valence-electron chi connectivity index (χ3n) is 3.25. The summed E-state index contributed by atoms with van der Waals surface area (Å²) in [4.78, 5) is 0. The van der Waals surface area contributed by atoms with Gasteiger partial charge >= 0.3 is 0 Å². The second-order valence-corrected chi connectivity index (χ2v) is 5.38. The van der Waals surface area contributed by atoms with Crippen molar-refractivity contribution in [2.45, 2.75) is 0 Å². The number of rotatable bonds is 3. The zero-order chi connectivity index (χ0) is 16.4. The first-order chi connectivity index (χ1) is 11.0. The fraction of sp³-hybridized carbons (Fsp3) is 0. The molecule has 0 aliphatic carbocycles. The van der Waals surface area contributed by atoms with Gasteiger partial charge in [-0.25, -0.2) is 8.78 Å². The largest absolute Gasteiger partial charge is 0.454 e. The summed E-state index contributed by atoms with van der Waals surface area (Å²) < 4.78 is 32.4. The highest BCUT2D eigenvalue weighted by Gasteiger charge is 2.12. The Balaban J connectivity index is 2.06. The molecule has 0 aromatic heterocycles. The van der Waals surface area contributed by atoms with Crippen LogP contribution in [-0.4, -0.2) is 0 Å². The lowest BCUT2D eigenvalue weighted by atomic mass is 10.0. The van der Waals surface area contributed by atoms with Crippen molar-refractivity contribution in [3.8, 4) is 22.6 Å². The van der Waals surface area contributed by atoms with Gasteiger partial charge in [-0.1, -0.05) is 23.7 Å². The van der Waals surface area contributed by atoms with Crippen LogP contribution in [0.4, 0.5) is 14.5 Å². The third-order valence-corrected chi connectivity index (χ3v) is 3.49. The van der Waals surface area contributed by atoms with Gasteiger partial charge in [-0.15, -0.1) is 0 Å². The van der Waals surface area contributed by atoms with Gasteiger partial charge in [0.1, 0.15) is 11.6 Å². The molecule has 0 bridgehead atoms.